The SMILES string of the molecule is Cn1c(C(=O)N2CCC[C@@H](N)CC2)cc(=O)n(C)c1=O. The van der Waals surface area contributed by atoms with Crippen LogP contribution in [0.3, 0.4) is 0 Å². The van der Waals surface area contributed by atoms with Gasteiger partial charge in [-0.05, 0) is 19.3 Å². The highest BCUT2D eigenvalue weighted by Crippen LogP contribution is 2.11. The maximum atomic E-state index is 12.5. The summed E-state index contributed by atoms with van der Waals surface area (Å²) in [6.45, 7) is 1.17. The summed E-state index contributed by atoms with van der Waals surface area (Å²) in [4.78, 5) is 37.7. The zero-order valence-corrected chi connectivity index (χ0v) is 11.8. The van der Waals surface area contributed by atoms with Gasteiger partial charge in [0, 0.05) is 39.3 Å². The second-order valence-electron chi connectivity index (χ2n) is 5.25. The summed E-state index contributed by atoms with van der Waals surface area (Å²) in [7, 11) is 2.89. The van der Waals surface area contributed by atoms with Gasteiger partial charge >= 0.3 is 5.69 Å². The minimum atomic E-state index is -0.493. The van der Waals surface area contributed by atoms with E-state index in [-0.39, 0.29) is 17.6 Å². The minimum absolute atomic E-state index is 0.111. The van der Waals surface area contributed by atoms with Gasteiger partial charge in [0.05, 0.1) is 0 Å². The average molecular weight is 280 g/mol. The van der Waals surface area contributed by atoms with Crippen molar-refractivity contribution in [2.45, 2.75) is 25.3 Å². The van der Waals surface area contributed by atoms with Gasteiger partial charge in [-0.15, -0.1) is 0 Å². The molecule has 0 unspecified atom stereocenters. The monoisotopic (exact) mass is 280 g/mol. The number of hydrogen-bond donors (Lipinski definition) is 1. The van der Waals surface area contributed by atoms with Crippen LogP contribution in [0, 0.1) is 0 Å². The molecule has 0 spiro atoms. The Morgan fingerprint density at radius 3 is 2.60 bits per heavy atom. The highest BCUT2D eigenvalue weighted by atomic mass is 16.2. The van der Waals surface area contributed by atoms with Crippen LogP contribution in [0.25, 0.3) is 0 Å². The number of hydrogen-bond acceptors (Lipinski definition) is 4. The van der Waals surface area contributed by atoms with Gasteiger partial charge in [-0.1, -0.05) is 0 Å². The predicted molar refractivity (Wildman–Crippen MR) is 74.7 cm³/mol. The third-order valence-electron chi connectivity index (χ3n) is 3.81. The third kappa shape index (κ3) is 2.67. The Morgan fingerprint density at radius 2 is 1.90 bits per heavy atom. The molecule has 7 heteroatoms. The number of nitrogens with two attached hydrogens (primary N) is 1. The zero-order chi connectivity index (χ0) is 14.9. The third-order valence-corrected chi connectivity index (χ3v) is 3.81. The lowest BCUT2D eigenvalue weighted by Gasteiger charge is -2.21. The van der Waals surface area contributed by atoms with Crippen molar-refractivity contribution in [3.05, 3.63) is 32.6 Å². The quantitative estimate of drug-likeness (QED) is 0.717. The molecule has 1 atom stereocenters. The van der Waals surface area contributed by atoms with Crippen molar-refractivity contribution in [1.82, 2.24) is 14.0 Å². The summed E-state index contributed by atoms with van der Waals surface area (Å²) < 4.78 is 2.20. The van der Waals surface area contributed by atoms with Crippen molar-refractivity contribution in [2.24, 2.45) is 19.8 Å². The molecule has 1 amide bonds. The average Bonchev–Trinajstić information content (AvgIpc) is 2.64. The van der Waals surface area contributed by atoms with Crippen molar-refractivity contribution in [3.8, 4) is 0 Å². The maximum absolute atomic E-state index is 12.5. The van der Waals surface area contributed by atoms with Gasteiger partial charge in [0.2, 0.25) is 0 Å². The molecular weight excluding hydrogens is 260 g/mol. The van der Waals surface area contributed by atoms with Crippen LogP contribution in [0.2, 0.25) is 0 Å². The number of likely N-dealkylation sites (tertiary alicyclic amines) is 1. The van der Waals surface area contributed by atoms with Crippen molar-refractivity contribution >= 4 is 5.91 Å². The second kappa shape index (κ2) is 5.62. The number of carbonyl (C=O) groups is 1. The van der Waals surface area contributed by atoms with Crippen LogP contribution >= 0.6 is 0 Å². The Bertz CT molecular complexity index is 631. The van der Waals surface area contributed by atoms with Gasteiger partial charge in [0.25, 0.3) is 11.5 Å². The molecule has 1 aliphatic heterocycles. The first-order valence-electron chi connectivity index (χ1n) is 6.73. The van der Waals surface area contributed by atoms with Crippen LogP contribution < -0.4 is 17.0 Å². The molecular formula is C13H20N4O3. The number of amides is 1. The molecule has 1 fully saturated rings. The Morgan fingerprint density at radius 1 is 1.20 bits per heavy atom. The first-order chi connectivity index (χ1) is 9.41. The van der Waals surface area contributed by atoms with Crippen molar-refractivity contribution in [1.29, 1.82) is 0 Å². The Hall–Kier alpha value is -1.89. The van der Waals surface area contributed by atoms with E-state index in [0.717, 1.165) is 23.8 Å². The second-order valence-corrected chi connectivity index (χ2v) is 5.25. The topological polar surface area (TPSA) is 90.3 Å². The van der Waals surface area contributed by atoms with Gasteiger partial charge in [0.1, 0.15) is 5.69 Å². The Kier molecular flexibility index (Phi) is 4.08. The molecule has 0 bridgehead atoms. The highest BCUT2D eigenvalue weighted by Gasteiger charge is 2.22. The fourth-order valence-corrected chi connectivity index (χ4v) is 2.43. The van der Waals surface area contributed by atoms with E-state index in [1.807, 2.05) is 0 Å². The van der Waals surface area contributed by atoms with Gasteiger partial charge in [-0.2, -0.15) is 0 Å². The van der Waals surface area contributed by atoms with E-state index >= 15 is 0 Å². The largest absolute Gasteiger partial charge is 0.337 e. The lowest BCUT2D eigenvalue weighted by atomic mass is 10.1. The normalized spacial score (nSPS) is 19.8. The first-order valence-corrected chi connectivity index (χ1v) is 6.73. The Balaban J connectivity index is 2.34. The summed E-state index contributed by atoms with van der Waals surface area (Å²) >= 11 is 0. The van der Waals surface area contributed by atoms with E-state index in [2.05, 4.69) is 0 Å². The van der Waals surface area contributed by atoms with Crippen molar-refractivity contribution in [2.75, 3.05) is 13.1 Å². The molecule has 2 heterocycles. The van der Waals surface area contributed by atoms with E-state index in [9.17, 15) is 14.4 Å². The van der Waals surface area contributed by atoms with E-state index in [1.165, 1.54) is 24.7 Å². The van der Waals surface area contributed by atoms with E-state index in [1.54, 1.807) is 4.90 Å². The van der Waals surface area contributed by atoms with E-state index in [0.29, 0.717) is 13.1 Å². The van der Waals surface area contributed by atoms with Crippen molar-refractivity contribution in [3.63, 3.8) is 0 Å². The van der Waals surface area contributed by atoms with Gasteiger partial charge in [-0.25, -0.2) is 4.79 Å². The Labute approximate surface area is 116 Å². The highest BCUT2D eigenvalue weighted by molar-refractivity contribution is 5.92. The number of nitrogens with zero attached hydrogens (tertiary/aromatic N) is 3. The van der Waals surface area contributed by atoms with E-state index < -0.39 is 11.2 Å². The molecule has 0 aliphatic carbocycles. The molecule has 1 saturated heterocycles. The smallest absolute Gasteiger partial charge is 0.331 e. The molecule has 0 aromatic carbocycles. The fraction of sp³-hybridized carbons (Fsp3) is 0.615. The molecule has 2 rings (SSSR count). The summed E-state index contributed by atoms with van der Waals surface area (Å²) in [5.41, 5.74) is 5.06. The summed E-state index contributed by atoms with van der Waals surface area (Å²) in [5.74, 6) is -0.281. The van der Waals surface area contributed by atoms with Crippen LogP contribution in [-0.2, 0) is 14.1 Å². The number of aromatic nitrogens is 2. The predicted octanol–water partition coefficient (Wildman–Crippen LogP) is -0.963. The molecule has 1 aromatic rings. The first kappa shape index (κ1) is 14.5. The minimum Gasteiger partial charge on any atom is -0.337 e. The summed E-state index contributed by atoms with van der Waals surface area (Å²) in [6.07, 6.45) is 2.47. The lowest BCUT2D eigenvalue weighted by molar-refractivity contribution is 0.0749. The van der Waals surface area contributed by atoms with Crippen LogP contribution in [-0.4, -0.2) is 39.1 Å². The van der Waals surface area contributed by atoms with E-state index in [4.69, 9.17) is 5.73 Å². The molecule has 110 valence electrons. The van der Waals surface area contributed by atoms with Crippen LogP contribution in [0.4, 0.5) is 0 Å². The molecule has 7 nitrogen and oxygen atoms in total. The summed E-state index contributed by atoms with van der Waals surface area (Å²) in [5, 5.41) is 0. The molecule has 1 aliphatic rings. The summed E-state index contributed by atoms with van der Waals surface area (Å²) in [6, 6.07) is 1.33. The molecule has 20 heavy (non-hydrogen) atoms. The number of rotatable bonds is 1. The standard InChI is InChI=1S/C13H20N4O3/c1-15-10(8-11(18)16(2)13(15)20)12(19)17-6-3-4-9(14)5-7-17/h8-9H,3-7,14H2,1-2H3/t9-/m1/s1. The maximum Gasteiger partial charge on any atom is 0.331 e. The molecule has 2 N–H and O–H groups in total. The van der Waals surface area contributed by atoms with Gasteiger partial charge in [0.15, 0.2) is 0 Å². The van der Waals surface area contributed by atoms with Gasteiger partial charge in [-0.3, -0.25) is 18.7 Å². The fourth-order valence-electron chi connectivity index (χ4n) is 2.43. The molecule has 1 aromatic heterocycles. The van der Waals surface area contributed by atoms with Crippen LogP contribution in [0.1, 0.15) is 29.8 Å². The van der Waals surface area contributed by atoms with Crippen LogP contribution in [0.15, 0.2) is 15.7 Å². The lowest BCUT2D eigenvalue weighted by Crippen LogP contribution is -2.42. The number of carbonyl (C=O) groups excluding carboxylic acids is 1. The molecule has 0 radical (unpaired) electrons. The zero-order valence-electron chi connectivity index (χ0n) is 11.8. The van der Waals surface area contributed by atoms with Gasteiger partial charge < -0.3 is 10.6 Å². The molecule has 0 saturated carbocycles. The van der Waals surface area contributed by atoms with Crippen molar-refractivity contribution < 1.29 is 4.79 Å². The van der Waals surface area contributed by atoms with Crippen LogP contribution in [0.5, 0.6) is 0 Å².